The van der Waals surface area contributed by atoms with Crippen LogP contribution in [-0.4, -0.2) is 4.98 Å². The Morgan fingerprint density at radius 3 is 2.40 bits per heavy atom. The van der Waals surface area contributed by atoms with Crippen molar-refractivity contribution in [3.63, 3.8) is 0 Å². The molecule has 0 spiro atoms. The molecule has 0 fully saturated rings. The standard InChI is InChI=1S/C11H11N3S/c1-8-11(15-9(2)12-8)14-13-10-6-4-3-5-7-10/h3-7H,1-2H3. The van der Waals surface area contributed by atoms with E-state index >= 15 is 0 Å². The summed E-state index contributed by atoms with van der Waals surface area (Å²) in [6.45, 7) is 3.92. The van der Waals surface area contributed by atoms with Crippen LogP contribution in [0, 0.1) is 13.8 Å². The number of benzene rings is 1. The van der Waals surface area contributed by atoms with Gasteiger partial charge in [-0.1, -0.05) is 29.5 Å². The van der Waals surface area contributed by atoms with Crippen molar-refractivity contribution in [3.05, 3.63) is 41.0 Å². The van der Waals surface area contributed by atoms with Gasteiger partial charge in [0.15, 0.2) is 5.00 Å². The van der Waals surface area contributed by atoms with Gasteiger partial charge < -0.3 is 0 Å². The second kappa shape index (κ2) is 4.31. The smallest absolute Gasteiger partial charge is 0.161 e. The van der Waals surface area contributed by atoms with E-state index in [1.165, 1.54) is 0 Å². The number of hydrogen-bond donors (Lipinski definition) is 0. The molecule has 0 bridgehead atoms. The molecule has 0 unspecified atom stereocenters. The van der Waals surface area contributed by atoms with Gasteiger partial charge in [0.05, 0.1) is 16.4 Å². The van der Waals surface area contributed by atoms with Crippen molar-refractivity contribution in [3.8, 4) is 0 Å². The zero-order chi connectivity index (χ0) is 10.7. The summed E-state index contributed by atoms with van der Waals surface area (Å²) < 4.78 is 0. The molecule has 2 rings (SSSR count). The molecular weight excluding hydrogens is 206 g/mol. The van der Waals surface area contributed by atoms with Crippen LogP contribution in [0.25, 0.3) is 0 Å². The number of hydrogen-bond acceptors (Lipinski definition) is 4. The number of nitrogens with zero attached hydrogens (tertiary/aromatic N) is 3. The maximum Gasteiger partial charge on any atom is 0.161 e. The van der Waals surface area contributed by atoms with Crippen molar-refractivity contribution in [1.29, 1.82) is 0 Å². The van der Waals surface area contributed by atoms with Crippen LogP contribution in [0.3, 0.4) is 0 Å². The van der Waals surface area contributed by atoms with Crippen molar-refractivity contribution in [2.45, 2.75) is 13.8 Å². The summed E-state index contributed by atoms with van der Waals surface area (Å²) in [5, 5.41) is 10.2. The fraction of sp³-hybridized carbons (Fsp3) is 0.182. The summed E-state index contributed by atoms with van der Waals surface area (Å²) in [6.07, 6.45) is 0. The van der Waals surface area contributed by atoms with Crippen molar-refractivity contribution in [2.75, 3.05) is 0 Å². The van der Waals surface area contributed by atoms with Crippen LogP contribution in [0.4, 0.5) is 10.7 Å². The summed E-state index contributed by atoms with van der Waals surface area (Å²) in [7, 11) is 0. The summed E-state index contributed by atoms with van der Waals surface area (Å²) in [5.74, 6) is 0. The second-order valence-electron chi connectivity index (χ2n) is 3.16. The lowest BCUT2D eigenvalue weighted by atomic mass is 10.3. The van der Waals surface area contributed by atoms with Gasteiger partial charge >= 0.3 is 0 Å². The average molecular weight is 217 g/mol. The molecule has 0 aliphatic heterocycles. The lowest BCUT2D eigenvalue weighted by molar-refractivity contribution is 1.16. The Bertz CT molecular complexity index is 474. The molecular formula is C11H11N3S. The molecule has 15 heavy (non-hydrogen) atoms. The quantitative estimate of drug-likeness (QED) is 0.695. The highest BCUT2D eigenvalue weighted by Gasteiger charge is 2.02. The van der Waals surface area contributed by atoms with E-state index in [-0.39, 0.29) is 0 Å². The second-order valence-corrected chi connectivity index (χ2v) is 4.34. The number of rotatable bonds is 2. The molecule has 1 aromatic heterocycles. The van der Waals surface area contributed by atoms with Crippen LogP contribution in [0.15, 0.2) is 40.6 Å². The zero-order valence-corrected chi connectivity index (χ0v) is 9.45. The molecule has 4 heteroatoms. The number of aryl methyl sites for hydroxylation is 2. The van der Waals surface area contributed by atoms with Crippen LogP contribution < -0.4 is 0 Å². The summed E-state index contributed by atoms with van der Waals surface area (Å²) in [4.78, 5) is 4.29. The molecule has 0 N–H and O–H groups in total. The predicted molar refractivity (Wildman–Crippen MR) is 62.2 cm³/mol. The van der Waals surface area contributed by atoms with Crippen molar-refractivity contribution < 1.29 is 0 Å². The van der Waals surface area contributed by atoms with Crippen LogP contribution in [0.5, 0.6) is 0 Å². The molecule has 0 atom stereocenters. The first kappa shape index (κ1) is 9.98. The number of thiazole rings is 1. The fourth-order valence-corrected chi connectivity index (χ4v) is 1.95. The van der Waals surface area contributed by atoms with Gasteiger partial charge in [-0.3, -0.25) is 0 Å². The van der Waals surface area contributed by atoms with E-state index in [0.29, 0.717) is 0 Å². The van der Waals surface area contributed by atoms with Gasteiger partial charge in [0.2, 0.25) is 0 Å². The van der Waals surface area contributed by atoms with Crippen LogP contribution >= 0.6 is 11.3 Å². The Balaban J connectivity index is 2.22. The van der Waals surface area contributed by atoms with Gasteiger partial charge in [0.25, 0.3) is 0 Å². The summed E-state index contributed by atoms with van der Waals surface area (Å²) in [5.41, 5.74) is 1.81. The normalized spacial score (nSPS) is 11.1. The minimum Gasteiger partial charge on any atom is -0.244 e. The minimum absolute atomic E-state index is 0.864. The molecule has 3 nitrogen and oxygen atoms in total. The molecule has 76 valence electrons. The van der Waals surface area contributed by atoms with Crippen LogP contribution in [-0.2, 0) is 0 Å². The van der Waals surface area contributed by atoms with Gasteiger partial charge in [-0.2, -0.15) is 0 Å². The van der Waals surface area contributed by atoms with Gasteiger partial charge in [0.1, 0.15) is 0 Å². The van der Waals surface area contributed by atoms with E-state index in [9.17, 15) is 0 Å². The van der Waals surface area contributed by atoms with Crippen molar-refractivity contribution in [2.24, 2.45) is 10.2 Å². The van der Waals surface area contributed by atoms with E-state index in [4.69, 9.17) is 0 Å². The third-order valence-electron chi connectivity index (χ3n) is 1.89. The Labute approximate surface area is 92.5 Å². The topological polar surface area (TPSA) is 37.6 Å². The Morgan fingerprint density at radius 1 is 1.07 bits per heavy atom. The third-order valence-corrected chi connectivity index (χ3v) is 2.85. The zero-order valence-electron chi connectivity index (χ0n) is 8.64. The SMILES string of the molecule is Cc1nc(C)c(N=Nc2ccccc2)s1. The molecule has 2 aromatic rings. The molecule has 0 radical (unpaired) electrons. The summed E-state index contributed by atoms with van der Waals surface area (Å²) in [6, 6.07) is 9.69. The van der Waals surface area contributed by atoms with Gasteiger partial charge in [-0.15, -0.1) is 10.2 Å². The highest BCUT2D eigenvalue weighted by molar-refractivity contribution is 7.15. The maximum absolute atomic E-state index is 4.29. The Hall–Kier alpha value is -1.55. The lowest BCUT2D eigenvalue weighted by Crippen LogP contribution is -1.69. The summed E-state index contributed by atoms with van der Waals surface area (Å²) >= 11 is 1.56. The van der Waals surface area contributed by atoms with Gasteiger partial charge in [0, 0.05) is 0 Å². The monoisotopic (exact) mass is 217 g/mol. The van der Waals surface area contributed by atoms with Crippen molar-refractivity contribution >= 4 is 22.0 Å². The maximum atomic E-state index is 4.29. The Kier molecular flexibility index (Phi) is 2.87. The molecule has 0 amide bonds. The largest absolute Gasteiger partial charge is 0.244 e. The van der Waals surface area contributed by atoms with Gasteiger partial charge in [-0.05, 0) is 26.0 Å². The predicted octanol–water partition coefficient (Wildman–Crippen LogP) is 4.18. The molecule has 1 aromatic carbocycles. The molecule has 0 aliphatic carbocycles. The van der Waals surface area contributed by atoms with Gasteiger partial charge in [-0.25, -0.2) is 4.98 Å². The lowest BCUT2D eigenvalue weighted by Gasteiger charge is -1.89. The first-order valence-electron chi connectivity index (χ1n) is 4.66. The molecule has 0 aliphatic rings. The fourth-order valence-electron chi connectivity index (χ4n) is 1.21. The first-order valence-corrected chi connectivity index (χ1v) is 5.48. The molecule has 0 saturated heterocycles. The van der Waals surface area contributed by atoms with Crippen LogP contribution in [0.1, 0.15) is 10.7 Å². The average Bonchev–Trinajstić information content (AvgIpc) is 2.56. The number of azo groups is 1. The molecule has 0 saturated carbocycles. The van der Waals surface area contributed by atoms with Crippen molar-refractivity contribution in [1.82, 2.24) is 4.98 Å². The Morgan fingerprint density at radius 2 is 1.80 bits per heavy atom. The minimum atomic E-state index is 0.864. The van der Waals surface area contributed by atoms with E-state index in [2.05, 4.69) is 15.2 Å². The van der Waals surface area contributed by atoms with Crippen LogP contribution in [0.2, 0.25) is 0 Å². The van der Waals surface area contributed by atoms with E-state index in [0.717, 1.165) is 21.4 Å². The highest BCUT2D eigenvalue weighted by atomic mass is 32.1. The van der Waals surface area contributed by atoms with E-state index in [1.54, 1.807) is 11.3 Å². The third kappa shape index (κ3) is 2.47. The first-order chi connectivity index (χ1) is 7.25. The van der Waals surface area contributed by atoms with E-state index < -0.39 is 0 Å². The van der Waals surface area contributed by atoms with E-state index in [1.807, 2.05) is 44.2 Å². The number of aromatic nitrogens is 1. The molecule has 1 heterocycles. The highest BCUT2D eigenvalue weighted by Crippen LogP contribution is 2.28.